The maximum Gasteiger partial charge on any atom is 0.254 e. The van der Waals surface area contributed by atoms with Crippen LogP contribution in [0.25, 0.3) is 11.1 Å². The van der Waals surface area contributed by atoms with Gasteiger partial charge in [-0.05, 0) is 60.9 Å². The van der Waals surface area contributed by atoms with Crippen molar-refractivity contribution in [1.29, 1.82) is 0 Å². The largest absolute Gasteiger partial charge is 0.492 e. The van der Waals surface area contributed by atoms with Crippen LogP contribution in [0, 0.1) is 0 Å². The Morgan fingerprint density at radius 2 is 1.87 bits per heavy atom. The average Bonchev–Trinajstić information content (AvgIpc) is 3.30. The third-order valence-corrected chi connectivity index (χ3v) is 6.72. The van der Waals surface area contributed by atoms with Gasteiger partial charge in [0.15, 0.2) is 0 Å². The fraction of sp³-hybridized carbons (Fsp3) is 0.360. The number of fused-ring (bicyclic) bond motifs is 2. The molecule has 152 valence electrons. The highest BCUT2D eigenvalue weighted by Gasteiger charge is 2.39. The molecular weight excluding hydrogens is 374 g/mol. The summed E-state index contributed by atoms with van der Waals surface area (Å²) in [7, 11) is 0. The van der Waals surface area contributed by atoms with Crippen LogP contribution in [0.4, 0.5) is 0 Å². The molecule has 1 aliphatic heterocycles. The predicted molar refractivity (Wildman–Crippen MR) is 115 cm³/mol. The lowest BCUT2D eigenvalue weighted by Gasteiger charge is -2.34. The van der Waals surface area contributed by atoms with Crippen molar-refractivity contribution in [3.63, 3.8) is 0 Å². The quantitative estimate of drug-likeness (QED) is 0.716. The molecule has 2 aromatic carbocycles. The van der Waals surface area contributed by atoms with Gasteiger partial charge in [-0.25, -0.2) is 0 Å². The first-order valence-electron chi connectivity index (χ1n) is 11.0. The van der Waals surface area contributed by atoms with Crippen molar-refractivity contribution in [2.45, 2.75) is 50.6 Å². The minimum atomic E-state index is 0.163. The van der Waals surface area contributed by atoms with E-state index in [0.717, 1.165) is 67.6 Å². The van der Waals surface area contributed by atoms with Crippen molar-refractivity contribution in [2.24, 2.45) is 0 Å². The Kier molecular flexibility index (Phi) is 4.15. The highest BCUT2D eigenvalue weighted by Crippen LogP contribution is 2.38. The first kappa shape index (κ1) is 17.8. The van der Waals surface area contributed by atoms with Gasteiger partial charge in [0.1, 0.15) is 5.75 Å². The number of rotatable bonds is 4. The molecule has 1 N–H and O–H groups in total. The summed E-state index contributed by atoms with van der Waals surface area (Å²) in [6.07, 6.45) is 8.00. The van der Waals surface area contributed by atoms with Crippen LogP contribution in [0.3, 0.4) is 0 Å². The molecule has 1 atom stereocenters. The zero-order valence-corrected chi connectivity index (χ0v) is 16.9. The molecule has 0 saturated heterocycles. The van der Waals surface area contributed by atoms with Crippen molar-refractivity contribution < 1.29 is 9.53 Å². The second-order valence-corrected chi connectivity index (χ2v) is 8.68. The molecule has 5 heteroatoms. The standard InChI is InChI=1S/C25H25N3O2/c29-25(28(20-8-9-20)21-10-11-23-19(14-21)15-26-27-23)18-6-4-16(5-7-18)22-3-1-2-17-12-13-30-24(17)22/h1-7,15,20-21H,8-14H2,(H,26,27). The normalized spacial score (nSPS) is 19.7. The summed E-state index contributed by atoms with van der Waals surface area (Å²) in [5.74, 6) is 1.16. The topological polar surface area (TPSA) is 58.2 Å². The second kappa shape index (κ2) is 7.01. The Morgan fingerprint density at radius 1 is 1.00 bits per heavy atom. The maximum atomic E-state index is 13.5. The zero-order chi connectivity index (χ0) is 20.1. The van der Waals surface area contributed by atoms with Gasteiger partial charge in [0.25, 0.3) is 5.91 Å². The number of aromatic amines is 1. The van der Waals surface area contributed by atoms with Crippen LogP contribution < -0.4 is 4.74 Å². The number of nitrogens with zero attached hydrogens (tertiary/aromatic N) is 2. The molecule has 3 aromatic rings. The summed E-state index contributed by atoms with van der Waals surface area (Å²) in [4.78, 5) is 15.6. The van der Waals surface area contributed by atoms with Gasteiger partial charge in [-0.15, -0.1) is 0 Å². The fourth-order valence-electron chi connectivity index (χ4n) is 5.00. The van der Waals surface area contributed by atoms with E-state index >= 15 is 0 Å². The molecule has 0 radical (unpaired) electrons. The Morgan fingerprint density at radius 3 is 2.70 bits per heavy atom. The minimum Gasteiger partial charge on any atom is -0.492 e. The summed E-state index contributed by atoms with van der Waals surface area (Å²) < 4.78 is 5.86. The monoisotopic (exact) mass is 399 g/mol. The average molecular weight is 399 g/mol. The molecule has 3 aliphatic rings. The van der Waals surface area contributed by atoms with Crippen molar-refractivity contribution >= 4 is 5.91 Å². The third kappa shape index (κ3) is 3.00. The van der Waals surface area contributed by atoms with Gasteiger partial charge >= 0.3 is 0 Å². The lowest BCUT2D eigenvalue weighted by Crippen LogP contribution is -2.44. The van der Waals surface area contributed by atoms with Crippen LogP contribution in [0.2, 0.25) is 0 Å². The number of benzene rings is 2. The van der Waals surface area contributed by atoms with E-state index in [-0.39, 0.29) is 11.9 Å². The third-order valence-electron chi connectivity index (χ3n) is 6.72. The van der Waals surface area contributed by atoms with Crippen molar-refractivity contribution in [3.05, 3.63) is 71.0 Å². The number of aromatic nitrogens is 2. The SMILES string of the molecule is O=C(c1ccc(-c2cccc3c2OCC3)cc1)N(C1CC1)C1CCc2[nH]ncc2C1. The van der Waals surface area contributed by atoms with E-state index in [1.54, 1.807) is 0 Å². The summed E-state index contributed by atoms with van der Waals surface area (Å²) in [6, 6.07) is 15.1. The van der Waals surface area contributed by atoms with Gasteiger partial charge in [-0.3, -0.25) is 9.89 Å². The van der Waals surface area contributed by atoms with Crippen LogP contribution in [0.5, 0.6) is 5.75 Å². The number of ether oxygens (including phenoxy) is 1. The Balaban J connectivity index is 1.26. The van der Waals surface area contributed by atoms with Gasteiger partial charge < -0.3 is 9.64 Å². The van der Waals surface area contributed by atoms with Gasteiger partial charge in [0, 0.05) is 35.3 Å². The van der Waals surface area contributed by atoms with Crippen LogP contribution in [-0.4, -0.2) is 39.7 Å². The molecule has 2 heterocycles. The van der Waals surface area contributed by atoms with Gasteiger partial charge in [0.05, 0.1) is 12.8 Å². The van der Waals surface area contributed by atoms with Crippen molar-refractivity contribution in [1.82, 2.24) is 15.1 Å². The molecule has 0 bridgehead atoms. The molecule has 1 aromatic heterocycles. The molecule has 2 aliphatic carbocycles. The highest BCUT2D eigenvalue weighted by molar-refractivity contribution is 5.95. The molecular formula is C25H25N3O2. The van der Waals surface area contributed by atoms with Crippen LogP contribution >= 0.6 is 0 Å². The van der Waals surface area contributed by atoms with E-state index < -0.39 is 0 Å². The summed E-state index contributed by atoms with van der Waals surface area (Å²) >= 11 is 0. The first-order chi connectivity index (χ1) is 14.8. The number of carbonyl (C=O) groups excluding carboxylic acids is 1. The molecule has 1 amide bonds. The molecule has 6 rings (SSSR count). The number of para-hydroxylation sites is 1. The summed E-state index contributed by atoms with van der Waals surface area (Å²) in [6.45, 7) is 0.749. The van der Waals surface area contributed by atoms with E-state index in [1.165, 1.54) is 16.8 Å². The Bertz CT molecular complexity index is 1100. The number of hydrogen-bond donors (Lipinski definition) is 1. The molecule has 1 saturated carbocycles. The lowest BCUT2D eigenvalue weighted by atomic mass is 9.91. The van der Waals surface area contributed by atoms with Crippen LogP contribution in [0.1, 0.15) is 46.4 Å². The zero-order valence-electron chi connectivity index (χ0n) is 16.9. The fourth-order valence-corrected chi connectivity index (χ4v) is 5.00. The number of hydrogen-bond acceptors (Lipinski definition) is 3. The minimum absolute atomic E-state index is 0.163. The molecule has 0 spiro atoms. The summed E-state index contributed by atoms with van der Waals surface area (Å²) in [5, 5.41) is 7.28. The van der Waals surface area contributed by atoms with E-state index in [1.807, 2.05) is 18.3 Å². The highest BCUT2D eigenvalue weighted by atomic mass is 16.5. The number of amides is 1. The number of carbonyl (C=O) groups is 1. The summed E-state index contributed by atoms with van der Waals surface area (Å²) in [5.41, 5.74) is 6.75. The Labute approximate surface area is 176 Å². The first-order valence-corrected chi connectivity index (χ1v) is 11.0. The number of H-pyrrole nitrogens is 1. The van der Waals surface area contributed by atoms with Gasteiger partial charge in [0.2, 0.25) is 0 Å². The number of nitrogens with one attached hydrogen (secondary N) is 1. The van der Waals surface area contributed by atoms with E-state index in [2.05, 4.69) is 45.4 Å². The second-order valence-electron chi connectivity index (χ2n) is 8.68. The van der Waals surface area contributed by atoms with E-state index in [4.69, 9.17) is 4.74 Å². The Hall–Kier alpha value is -3.08. The smallest absolute Gasteiger partial charge is 0.254 e. The molecule has 1 unspecified atom stereocenters. The molecule has 1 fully saturated rings. The van der Waals surface area contributed by atoms with Gasteiger partial charge in [-0.2, -0.15) is 5.10 Å². The van der Waals surface area contributed by atoms with Crippen molar-refractivity contribution in [2.75, 3.05) is 6.61 Å². The van der Waals surface area contributed by atoms with Crippen LogP contribution in [-0.2, 0) is 19.3 Å². The van der Waals surface area contributed by atoms with E-state index in [9.17, 15) is 4.79 Å². The van der Waals surface area contributed by atoms with E-state index in [0.29, 0.717) is 6.04 Å². The predicted octanol–water partition coefficient (Wildman–Crippen LogP) is 4.17. The number of aryl methyl sites for hydroxylation is 1. The maximum absolute atomic E-state index is 13.5. The van der Waals surface area contributed by atoms with Crippen LogP contribution in [0.15, 0.2) is 48.7 Å². The van der Waals surface area contributed by atoms with Gasteiger partial charge in [-0.1, -0.05) is 30.3 Å². The molecule has 30 heavy (non-hydrogen) atoms. The molecule has 5 nitrogen and oxygen atoms in total. The van der Waals surface area contributed by atoms with Crippen molar-refractivity contribution in [3.8, 4) is 16.9 Å². The lowest BCUT2D eigenvalue weighted by molar-refractivity contribution is 0.0643.